The van der Waals surface area contributed by atoms with E-state index < -0.39 is 0 Å². The molecule has 1 heterocycles. The van der Waals surface area contributed by atoms with Crippen LogP contribution in [0, 0.1) is 6.92 Å². The zero-order chi connectivity index (χ0) is 15.9. The molecule has 1 saturated heterocycles. The van der Waals surface area contributed by atoms with Gasteiger partial charge < -0.3 is 15.0 Å². The Morgan fingerprint density at radius 1 is 1.41 bits per heavy atom. The molecule has 1 fully saturated rings. The van der Waals surface area contributed by atoms with Crippen LogP contribution >= 0.6 is 11.6 Å². The van der Waals surface area contributed by atoms with Gasteiger partial charge in [0.15, 0.2) is 0 Å². The summed E-state index contributed by atoms with van der Waals surface area (Å²) in [4.78, 5) is 14.2. The molecular formula is C17H25ClN2O2. The van der Waals surface area contributed by atoms with Crippen LogP contribution in [0.25, 0.3) is 0 Å². The van der Waals surface area contributed by atoms with Gasteiger partial charge in [0.1, 0.15) is 5.75 Å². The van der Waals surface area contributed by atoms with Gasteiger partial charge in [-0.2, -0.15) is 0 Å². The number of ether oxygens (including phenoxy) is 1. The van der Waals surface area contributed by atoms with Crippen LogP contribution in [0.5, 0.6) is 5.75 Å². The van der Waals surface area contributed by atoms with Gasteiger partial charge in [-0.15, -0.1) is 0 Å². The summed E-state index contributed by atoms with van der Waals surface area (Å²) in [5.74, 6) is 0.933. The third-order valence-electron chi connectivity index (χ3n) is 4.03. The van der Waals surface area contributed by atoms with Gasteiger partial charge in [0, 0.05) is 17.5 Å². The molecule has 1 N–H and O–H groups in total. The van der Waals surface area contributed by atoms with Crippen molar-refractivity contribution in [2.24, 2.45) is 0 Å². The molecule has 0 spiro atoms. The average Bonchev–Trinajstić information content (AvgIpc) is 2.49. The third kappa shape index (κ3) is 5.50. The summed E-state index contributed by atoms with van der Waals surface area (Å²) in [6, 6.07) is 5.94. The fourth-order valence-corrected chi connectivity index (χ4v) is 2.70. The second kappa shape index (κ2) is 8.39. The Morgan fingerprint density at radius 3 is 2.82 bits per heavy atom. The van der Waals surface area contributed by atoms with Crippen LogP contribution in [0.4, 0.5) is 0 Å². The Morgan fingerprint density at radius 2 is 2.14 bits per heavy atom. The first-order chi connectivity index (χ1) is 10.5. The van der Waals surface area contributed by atoms with Crippen molar-refractivity contribution in [3.8, 4) is 5.75 Å². The Bertz CT molecular complexity index is 499. The van der Waals surface area contributed by atoms with Crippen molar-refractivity contribution in [1.29, 1.82) is 0 Å². The Kier molecular flexibility index (Phi) is 6.52. The Hall–Kier alpha value is -1.26. The molecule has 0 radical (unpaired) electrons. The van der Waals surface area contributed by atoms with E-state index in [1.165, 1.54) is 0 Å². The van der Waals surface area contributed by atoms with Gasteiger partial charge in [0.05, 0.1) is 6.61 Å². The molecule has 0 atom stereocenters. The number of benzene rings is 1. The van der Waals surface area contributed by atoms with Gasteiger partial charge in [0.2, 0.25) is 5.91 Å². The number of rotatable bonds is 6. The SMILES string of the molecule is Cc1cc(OCCCC(=O)NC2CCN(C)CC2)ccc1Cl. The zero-order valence-corrected chi connectivity index (χ0v) is 14.2. The zero-order valence-electron chi connectivity index (χ0n) is 13.4. The van der Waals surface area contributed by atoms with Crippen LogP contribution in [-0.2, 0) is 4.79 Å². The van der Waals surface area contributed by atoms with Gasteiger partial charge >= 0.3 is 0 Å². The van der Waals surface area contributed by atoms with E-state index in [0.29, 0.717) is 19.1 Å². The van der Waals surface area contributed by atoms with E-state index in [1.807, 2.05) is 25.1 Å². The van der Waals surface area contributed by atoms with Crippen LogP contribution in [-0.4, -0.2) is 43.6 Å². The monoisotopic (exact) mass is 324 g/mol. The van der Waals surface area contributed by atoms with Gasteiger partial charge in [-0.25, -0.2) is 0 Å². The number of likely N-dealkylation sites (tertiary alicyclic amines) is 1. The number of carbonyl (C=O) groups excluding carboxylic acids is 1. The highest BCUT2D eigenvalue weighted by molar-refractivity contribution is 6.31. The summed E-state index contributed by atoms with van der Waals surface area (Å²) in [6.07, 6.45) is 3.32. The van der Waals surface area contributed by atoms with Crippen molar-refractivity contribution in [3.63, 3.8) is 0 Å². The Balaban J connectivity index is 1.61. The molecule has 0 saturated carbocycles. The molecule has 1 aliphatic heterocycles. The first kappa shape index (κ1) is 17.1. The van der Waals surface area contributed by atoms with Gasteiger partial charge in [-0.1, -0.05) is 11.6 Å². The van der Waals surface area contributed by atoms with E-state index in [0.717, 1.165) is 48.7 Å². The molecule has 1 aliphatic rings. The van der Waals surface area contributed by atoms with E-state index in [4.69, 9.17) is 16.3 Å². The minimum atomic E-state index is 0.130. The maximum Gasteiger partial charge on any atom is 0.220 e. The van der Waals surface area contributed by atoms with Crippen molar-refractivity contribution >= 4 is 17.5 Å². The van der Waals surface area contributed by atoms with Gasteiger partial charge in [0.25, 0.3) is 0 Å². The summed E-state index contributed by atoms with van der Waals surface area (Å²) in [5.41, 5.74) is 0.999. The Labute approximate surface area is 137 Å². The molecule has 0 unspecified atom stereocenters. The highest BCUT2D eigenvalue weighted by atomic mass is 35.5. The fraction of sp³-hybridized carbons (Fsp3) is 0.588. The maximum atomic E-state index is 11.9. The minimum absolute atomic E-state index is 0.130. The number of hydrogen-bond donors (Lipinski definition) is 1. The predicted octanol–water partition coefficient (Wildman–Crippen LogP) is 3.02. The summed E-state index contributed by atoms with van der Waals surface area (Å²) in [5, 5.41) is 3.86. The first-order valence-corrected chi connectivity index (χ1v) is 8.29. The lowest BCUT2D eigenvalue weighted by Gasteiger charge is -2.29. The van der Waals surface area contributed by atoms with Crippen molar-refractivity contribution in [1.82, 2.24) is 10.2 Å². The molecule has 1 aromatic rings. The summed E-state index contributed by atoms with van der Waals surface area (Å²) in [7, 11) is 2.12. The van der Waals surface area contributed by atoms with Crippen LogP contribution in [0.1, 0.15) is 31.2 Å². The van der Waals surface area contributed by atoms with Crippen LogP contribution in [0.3, 0.4) is 0 Å². The molecule has 0 bridgehead atoms. The normalized spacial score (nSPS) is 16.5. The van der Waals surface area contributed by atoms with Crippen molar-refractivity contribution in [3.05, 3.63) is 28.8 Å². The van der Waals surface area contributed by atoms with Gasteiger partial charge in [-0.05, 0) is 70.1 Å². The van der Waals surface area contributed by atoms with E-state index in [-0.39, 0.29) is 5.91 Å². The summed E-state index contributed by atoms with van der Waals surface area (Å²) in [6.45, 7) is 4.61. The highest BCUT2D eigenvalue weighted by Gasteiger charge is 2.17. The van der Waals surface area contributed by atoms with Crippen molar-refractivity contribution in [2.45, 2.75) is 38.6 Å². The van der Waals surface area contributed by atoms with E-state index in [9.17, 15) is 4.79 Å². The second-order valence-corrected chi connectivity index (χ2v) is 6.42. The largest absolute Gasteiger partial charge is 0.494 e. The average molecular weight is 325 g/mol. The van der Waals surface area contributed by atoms with Crippen LogP contribution in [0.15, 0.2) is 18.2 Å². The maximum absolute atomic E-state index is 11.9. The number of hydrogen-bond acceptors (Lipinski definition) is 3. The van der Waals surface area contributed by atoms with Crippen LogP contribution < -0.4 is 10.1 Å². The molecule has 1 amide bonds. The quantitative estimate of drug-likeness (QED) is 0.818. The smallest absolute Gasteiger partial charge is 0.220 e. The van der Waals surface area contributed by atoms with E-state index >= 15 is 0 Å². The fourth-order valence-electron chi connectivity index (χ4n) is 2.58. The standard InChI is InChI=1S/C17H25ClN2O2/c1-13-12-15(5-6-16(13)18)22-11-3-4-17(21)19-14-7-9-20(2)10-8-14/h5-6,12,14H,3-4,7-11H2,1-2H3,(H,19,21). The van der Waals surface area contributed by atoms with E-state index in [1.54, 1.807) is 0 Å². The molecular weight excluding hydrogens is 300 g/mol. The molecule has 22 heavy (non-hydrogen) atoms. The number of aryl methyl sites for hydroxylation is 1. The number of amides is 1. The number of carbonyl (C=O) groups is 1. The molecule has 1 aromatic carbocycles. The second-order valence-electron chi connectivity index (χ2n) is 6.01. The number of nitrogens with zero attached hydrogens (tertiary/aromatic N) is 1. The third-order valence-corrected chi connectivity index (χ3v) is 4.45. The molecule has 0 aliphatic carbocycles. The lowest BCUT2D eigenvalue weighted by Crippen LogP contribution is -2.43. The minimum Gasteiger partial charge on any atom is -0.494 e. The molecule has 4 nitrogen and oxygen atoms in total. The number of halogens is 1. The molecule has 2 rings (SSSR count). The first-order valence-electron chi connectivity index (χ1n) is 7.91. The van der Waals surface area contributed by atoms with Gasteiger partial charge in [-0.3, -0.25) is 4.79 Å². The van der Waals surface area contributed by atoms with E-state index in [2.05, 4.69) is 17.3 Å². The number of piperidine rings is 1. The highest BCUT2D eigenvalue weighted by Crippen LogP contribution is 2.21. The topological polar surface area (TPSA) is 41.6 Å². The molecule has 122 valence electrons. The van der Waals surface area contributed by atoms with Crippen molar-refractivity contribution < 1.29 is 9.53 Å². The van der Waals surface area contributed by atoms with Crippen LogP contribution in [0.2, 0.25) is 5.02 Å². The lowest BCUT2D eigenvalue weighted by atomic mass is 10.1. The summed E-state index contributed by atoms with van der Waals surface area (Å²) < 4.78 is 5.65. The summed E-state index contributed by atoms with van der Waals surface area (Å²) >= 11 is 5.97. The lowest BCUT2D eigenvalue weighted by molar-refractivity contribution is -0.122. The molecule has 0 aromatic heterocycles. The predicted molar refractivity (Wildman–Crippen MR) is 89.6 cm³/mol. The molecule has 5 heteroatoms. The number of nitrogens with one attached hydrogen (secondary N) is 1. The van der Waals surface area contributed by atoms with Crippen molar-refractivity contribution in [2.75, 3.05) is 26.7 Å².